The molecule has 16 heteroatoms. The molecule has 52 heavy (non-hydrogen) atoms. The normalized spacial score (nSPS) is 18.2. The molecule has 2 atom stereocenters. The van der Waals surface area contributed by atoms with Gasteiger partial charge in [-0.25, -0.2) is 0 Å². The predicted octanol–water partition coefficient (Wildman–Crippen LogP) is 11.9. The molecule has 3 rings (SSSR count). The van der Waals surface area contributed by atoms with Gasteiger partial charge in [0.25, 0.3) is 11.2 Å². The molecule has 3 nitrogen and oxygen atoms in total. The van der Waals surface area contributed by atoms with Gasteiger partial charge >= 0.3 is 180 Å². The molecule has 0 spiro atoms. The average molecular weight is 848 g/mol. The van der Waals surface area contributed by atoms with Crippen molar-refractivity contribution in [1.82, 2.24) is 0 Å². The van der Waals surface area contributed by atoms with Crippen molar-refractivity contribution in [2.45, 2.75) is 133 Å². The van der Waals surface area contributed by atoms with Crippen LogP contribution in [0.25, 0.3) is 0 Å². The zero-order chi connectivity index (χ0) is 40.1. The Morgan fingerprint density at radius 1 is 0.635 bits per heavy atom. The second kappa shape index (κ2) is 17.1. The third kappa shape index (κ3) is 11.0. The van der Waals surface area contributed by atoms with E-state index in [1.807, 2.05) is 0 Å². The molecule has 1 fully saturated rings. The fourth-order valence-corrected chi connectivity index (χ4v) is 8.02. The first-order valence-corrected chi connectivity index (χ1v) is 18.7. The van der Waals surface area contributed by atoms with Crippen LogP contribution in [0.4, 0.5) is 58.4 Å². The van der Waals surface area contributed by atoms with E-state index in [0.717, 1.165) is 0 Å². The first-order valence-electron chi connectivity index (χ1n) is 16.6. The molecule has 2 N–H and O–H groups in total. The SMILES string of the molecule is CC(C)c1cccc(C(C)C)c1[N]=[Mo]=[CH]C(C)(C)c1ccccc1.OC(C[C@H]1CCCC[C@@H]1CC(O)(C(F)(F)F)C(F)(F)F)(C(F)(F)F)C(F)(F)F. The minimum absolute atomic E-state index is 0.0522. The van der Waals surface area contributed by atoms with Gasteiger partial charge in [-0.2, -0.15) is 52.7 Å². The predicted molar refractivity (Wildman–Crippen MR) is 171 cm³/mol. The Morgan fingerprint density at radius 2 is 1.00 bits per heavy atom. The quantitative estimate of drug-likeness (QED) is 0.195. The van der Waals surface area contributed by atoms with Crippen LogP contribution in [-0.2, 0) is 23.3 Å². The van der Waals surface area contributed by atoms with Gasteiger partial charge < -0.3 is 10.2 Å². The zero-order valence-corrected chi connectivity index (χ0v) is 31.5. The molecular formula is C36H45F12MoNO2. The van der Waals surface area contributed by atoms with Crippen molar-refractivity contribution in [2.75, 3.05) is 0 Å². The Balaban J connectivity index is 0.000000364. The van der Waals surface area contributed by atoms with Crippen LogP contribution in [0.15, 0.2) is 52.0 Å². The summed E-state index contributed by atoms with van der Waals surface area (Å²) >= 11 is -0.553. The second-order valence-electron chi connectivity index (χ2n) is 14.4. The first-order chi connectivity index (χ1) is 23.5. The van der Waals surface area contributed by atoms with Crippen LogP contribution in [-0.4, -0.2) is 50.5 Å². The van der Waals surface area contributed by atoms with Crippen LogP contribution in [0.3, 0.4) is 0 Å². The van der Waals surface area contributed by atoms with E-state index in [2.05, 4.69) is 94.5 Å². The van der Waals surface area contributed by atoms with Crippen LogP contribution in [0.2, 0.25) is 0 Å². The topological polar surface area (TPSA) is 52.8 Å². The van der Waals surface area contributed by atoms with Gasteiger partial charge in [0, 0.05) is 0 Å². The van der Waals surface area contributed by atoms with E-state index in [4.69, 9.17) is 3.50 Å². The van der Waals surface area contributed by atoms with Crippen LogP contribution in [0.1, 0.15) is 109 Å². The van der Waals surface area contributed by atoms with Gasteiger partial charge in [0.2, 0.25) is 0 Å². The molecule has 1 aliphatic carbocycles. The number of nitrogens with zero attached hydrogens (tertiary/aromatic N) is 1. The fourth-order valence-electron chi connectivity index (χ4n) is 6.13. The summed E-state index contributed by atoms with van der Waals surface area (Å²) in [5.41, 5.74) is -5.12. The van der Waals surface area contributed by atoms with Crippen molar-refractivity contribution < 1.29 is 80.8 Å². The molecule has 0 unspecified atom stereocenters. The Morgan fingerprint density at radius 3 is 1.33 bits per heavy atom. The Bertz CT molecular complexity index is 1400. The van der Waals surface area contributed by atoms with Crippen molar-refractivity contribution >= 4 is 10.1 Å². The van der Waals surface area contributed by atoms with E-state index < -0.39 is 91.3 Å². The van der Waals surface area contributed by atoms with E-state index in [1.54, 1.807) is 0 Å². The second-order valence-corrected chi connectivity index (χ2v) is 16.0. The zero-order valence-electron chi connectivity index (χ0n) is 29.5. The van der Waals surface area contributed by atoms with E-state index in [0.29, 0.717) is 11.8 Å². The monoisotopic (exact) mass is 849 g/mol. The molecule has 0 heterocycles. The summed E-state index contributed by atoms with van der Waals surface area (Å²) in [6.45, 7) is 13.6. The third-order valence-corrected chi connectivity index (χ3v) is 11.8. The van der Waals surface area contributed by atoms with E-state index in [1.165, 1.54) is 22.4 Å². The molecular weight excluding hydrogens is 802 g/mol. The van der Waals surface area contributed by atoms with Crippen molar-refractivity contribution in [3.05, 3.63) is 65.2 Å². The summed E-state index contributed by atoms with van der Waals surface area (Å²) in [5.74, 6) is -2.93. The molecule has 0 bridgehead atoms. The van der Waals surface area contributed by atoms with Gasteiger partial charge in [0.1, 0.15) is 0 Å². The van der Waals surface area contributed by atoms with Gasteiger partial charge in [-0.1, -0.05) is 25.7 Å². The molecule has 2 aromatic rings. The number of halogens is 12. The number of rotatable bonds is 9. The van der Waals surface area contributed by atoms with Gasteiger partial charge in [-0.3, -0.25) is 0 Å². The summed E-state index contributed by atoms with van der Waals surface area (Å²) < 4.78 is 161. The standard InChI is InChI=1S/C14H16F12O2.C12H17N.C10H12.Mo/c15-11(16,17)9(27,12(18,19)20)5-7-3-1-2-4-8(7)6-10(28,13(21,22)23)14(24,25)26;1-8(2)10-6-5-7-11(9(3)4)12(10)13;1-10(2,3)9-7-5-4-6-8-9;/h7-8,27-28H,1-6H2;5-9H,1-4H3;1,4-8H,2-3H3;/t7-,8-;;;/m1.../s1. The number of benzene rings is 2. The maximum absolute atomic E-state index is 12.8. The molecule has 0 aliphatic heterocycles. The fraction of sp³-hybridized carbons (Fsp3) is 0.639. The van der Waals surface area contributed by atoms with Crippen molar-refractivity contribution in [2.24, 2.45) is 15.3 Å². The Labute approximate surface area is 304 Å². The van der Waals surface area contributed by atoms with Crippen LogP contribution < -0.4 is 0 Å². The van der Waals surface area contributed by atoms with E-state index in [9.17, 15) is 62.9 Å². The van der Waals surface area contributed by atoms with Gasteiger partial charge in [-0.05, 0) is 24.7 Å². The van der Waals surface area contributed by atoms with E-state index in [-0.39, 0.29) is 18.3 Å². The van der Waals surface area contributed by atoms with E-state index >= 15 is 0 Å². The first kappa shape index (κ1) is 46.0. The molecule has 1 aliphatic rings. The number of hydrogen-bond donors (Lipinski definition) is 2. The molecule has 296 valence electrons. The molecule has 0 radical (unpaired) electrons. The largest absolute Gasteiger partial charge is 0.426 e. The minimum atomic E-state index is -6.25. The average Bonchev–Trinajstić information content (AvgIpc) is 3.00. The van der Waals surface area contributed by atoms with Crippen molar-refractivity contribution in [1.29, 1.82) is 0 Å². The summed E-state index contributed by atoms with van der Waals surface area (Å²) in [4.78, 5) is 0. The summed E-state index contributed by atoms with van der Waals surface area (Å²) in [6, 6.07) is 17.4. The van der Waals surface area contributed by atoms with Gasteiger partial charge in [0.15, 0.2) is 0 Å². The number of aliphatic hydroxyl groups is 2. The van der Waals surface area contributed by atoms with Crippen molar-refractivity contribution in [3.63, 3.8) is 0 Å². The number of alkyl halides is 12. The van der Waals surface area contributed by atoms with Crippen molar-refractivity contribution in [3.8, 4) is 0 Å². The number of hydrogen-bond acceptors (Lipinski definition) is 3. The molecule has 2 aromatic carbocycles. The summed E-state index contributed by atoms with van der Waals surface area (Å²) in [7, 11) is 0. The molecule has 0 amide bonds. The minimum Gasteiger partial charge on any atom is -0.374 e. The Kier molecular flexibility index (Phi) is 15.2. The summed E-state index contributed by atoms with van der Waals surface area (Å²) in [6.07, 6.45) is -30.6. The smallest absolute Gasteiger partial charge is 0.374 e. The maximum atomic E-state index is 12.8. The summed E-state index contributed by atoms with van der Waals surface area (Å²) in [5, 5.41) is 18.4. The van der Waals surface area contributed by atoms with Crippen LogP contribution in [0.5, 0.6) is 0 Å². The van der Waals surface area contributed by atoms with Crippen LogP contribution >= 0.6 is 0 Å². The third-order valence-electron chi connectivity index (χ3n) is 9.41. The van der Waals surface area contributed by atoms with Gasteiger partial charge in [0.05, 0.1) is 0 Å². The molecule has 1 saturated carbocycles. The van der Waals surface area contributed by atoms with Crippen LogP contribution in [0, 0.1) is 11.8 Å². The molecule has 0 saturated heterocycles. The molecule has 0 aromatic heterocycles. The maximum Gasteiger partial charge on any atom is 0.426 e. The van der Waals surface area contributed by atoms with Gasteiger partial charge in [-0.15, -0.1) is 0 Å². The Hall–Kier alpha value is -2.12.